The summed E-state index contributed by atoms with van der Waals surface area (Å²) in [6.45, 7) is 1.68. The van der Waals surface area contributed by atoms with E-state index in [0.717, 1.165) is 16.4 Å². The Hall–Kier alpha value is -1.38. The smallest absolute Gasteiger partial charge is 0.243 e. The molecule has 0 radical (unpaired) electrons. The van der Waals surface area contributed by atoms with Gasteiger partial charge in [-0.15, -0.1) is 0 Å². The molecular formula is C12H19FN2O4S. The number of anilines is 1. The minimum Gasteiger partial charge on any atom is -0.492 e. The van der Waals surface area contributed by atoms with E-state index in [2.05, 4.69) is 0 Å². The normalized spacial score (nSPS) is 13.5. The molecular weight excluding hydrogens is 287 g/mol. The van der Waals surface area contributed by atoms with Crippen LogP contribution in [0.2, 0.25) is 0 Å². The number of nitrogen functional groups attached to an aromatic ring is 1. The van der Waals surface area contributed by atoms with Gasteiger partial charge in [0.1, 0.15) is 0 Å². The van der Waals surface area contributed by atoms with Gasteiger partial charge in [0.25, 0.3) is 0 Å². The summed E-state index contributed by atoms with van der Waals surface area (Å²) in [6.07, 6.45) is -0.338. The van der Waals surface area contributed by atoms with Crippen molar-refractivity contribution in [2.75, 3.05) is 26.4 Å². The van der Waals surface area contributed by atoms with E-state index in [9.17, 15) is 17.9 Å². The lowest BCUT2D eigenvalue weighted by atomic mass is 10.3. The zero-order chi connectivity index (χ0) is 15.5. The fourth-order valence-electron chi connectivity index (χ4n) is 1.62. The van der Waals surface area contributed by atoms with E-state index in [0.29, 0.717) is 0 Å². The molecule has 6 nitrogen and oxygen atoms in total. The van der Waals surface area contributed by atoms with Crippen LogP contribution in [0.25, 0.3) is 0 Å². The second-order valence-electron chi connectivity index (χ2n) is 4.49. The number of hydrogen-bond acceptors (Lipinski definition) is 5. The summed E-state index contributed by atoms with van der Waals surface area (Å²) >= 11 is 0. The number of benzene rings is 1. The van der Waals surface area contributed by atoms with Crippen LogP contribution in [0.5, 0.6) is 5.75 Å². The summed E-state index contributed by atoms with van der Waals surface area (Å²) in [5.41, 5.74) is 5.48. The molecule has 0 aliphatic rings. The number of halogens is 1. The second kappa shape index (κ2) is 6.38. The topological polar surface area (TPSA) is 92.9 Å². The van der Waals surface area contributed by atoms with Crippen LogP contribution >= 0.6 is 0 Å². The van der Waals surface area contributed by atoms with Crippen LogP contribution in [-0.4, -0.2) is 44.6 Å². The Labute approximate surface area is 118 Å². The van der Waals surface area contributed by atoms with Gasteiger partial charge in [-0.2, -0.15) is 0 Å². The Morgan fingerprint density at radius 2 is 2.10 bits per heavy atom. The first kappa shape index (κ1) is 16.7. The zero-order valence-corrected chi connectivity index (χ0v) is 12.4. The summed E-state index contributed by atoms with van der Waals surface area (Å²) in [6, 6.07) is 2.01. The Bertz CT molecular complexity index is 552. The molecule has 8 heteroatoms. The van der Waals surface area contributed by atoms with Crippen LogP contribution in [0.1, 0.15) is 13.3 Å². The highest BCUT2D eigenvalue weighted by atomic mass is 32.2. The van der Waals surface area contributed by atoms with Gasteiger partial charge in [0.15, 0.2) is 11.6 Å². The SMILES string of the molecule is COc1c(N)cc(S(=O)(=O)N(C)CCC(C)O)cc1F. The maximum atomic E-state index is 13.7. The molecule has 0 heterocycles. The predicted molar refractivity (Wildman–Crippen MR) is 73.5 cm³/mol. The maximum Gasteiger partial charge on any atom is 0.243 e. The molecule has 0 aliphatic heterocycles. The van der Waals surface area contributed by atoms with E-state index < -0.39 is 21.9 Å². The Kier molecular flexibility index (Phi) is 5.32. The van der Waals surface area contributed by atoms with Crippen molar-refractivity contribution in [2.45, 2.75) is 24.3 Å². The summed E-state index contributed by atoms with van der Waals surface area (Å²) in [5.74, 6) is -1.02. The monoisotopic (exact) mass is 306 g/mol. The van der Waals surface area contributed by atoms with Gasteiger partial charge in [-0.1, -0.05) is 0 Å². The summed E-state index contributed by atoms with van der Waals surface area (Å²) in [4.78, 5) is -0.249. The van der Waals surface area contributed by atoms with Crippen molar-refractivity contribution in [1.82, 2.24) is 4.31 Å². The number of methoxy groups -OCH3 is 1. The van der Waals surface area contributed by atoms with Gasteiger partial charge in [0, 0.05) is 13.6 Å². The minimum atomic E-state index is -3.86. The molecule has 1 rings (SSSR count). The van der Waals surface area contributed by atoms with Crippen LogP contribution in [0.4, 0.5) is 10.1 Å². The van der Waals surface area contributed by atoms with Crippen LogP contribution in [-0.2, 0) is 10.0 Å². The van der Waals surface area contributed by atoms with Gasteiger partial charge in [-0.05, 0) is 25.5 Å². The van der Waals surface area contributed by atoms with Crippen LogP contribution in [0.3, 0.4) is 0 Å². The van der Waals surface area contributed by atoms with Gasteiger partial charge in [0.2, 0.25) is 10.0 Å². The van der Waals surface area contributed by atoms with Crippen LogP contribution in [0, 0.1) is 5.82 Å². The molecule has 3 N–H and O–H groups in total. The van der Waals surface area contributed by atoms with Crippen molar-refractivity contribution < 1.29 is 22.7 Å². The molecule has 20 heavy (non-hydrogen) atoms. The fraction of sp³-hybridized carbons (Fsp3) is 0.500. The average Bonchev–Trinajstić information content (AvgIpc) is 2.35. The minimum absolute atomic E-state index is 0.0880. The molecule has 0 aliphatic carbocycles. The fourth-order valence-corrected chi connectivity index (χ4v) is 2.86. The maximum absolute atomic E-state index is 13.7. The first-order valence-corrected chi connectivity index (χ1v) is 7.41. The quantitative estimate of drug-likeness (QED) is 0.759. The van der Waals surface area contributed by atoms with E-state index in [1.165, 1.54) is 14.2 Å². The molecule has 1 atom stereocenters. The van der Waals surface area contributed by atoms with Gasteiger partial charge in [-0.25, -0.2) is 17.1 Å². The largest absolute Gasteiger partial charge is 0.492 e. The standard InChI is InChI=1S/C12H19FN2O4S/c1-8(16)4-5-15(2)20(17,18)9-6-10(13)12(19-3)11(14)7-9/h6-8,16H,4-5,14H2,1-3H3. The van der Waals surface area contributed by atoms with Gasteiger partial charge < -0.3 is 15.6 Å². The summed E-state index contributed by atoms with van der Waals surface area (Å²) in [5, 5.41) is 9.18. The zero-order valence-electron chi connectivity index (χ0n) is 11.6. The van der Waals surface area contributed by atoms with Crippen LogP contribution < -0.4 is 10.5 Å². The number of rotatable bonds is 6. The lowest BCUT2D eigenvalue weighted by Gasteiger charge is -2.18. The average molecular weight is 306 g/mol. The van der Waals surface area contributed by atoms with Crippen molar-refractivity contribution in [3.05, 3.63) is 17.9 Å². The third-order valence-corrected chi connectivity index (χ3v) is 4.65. The first-order valence-electron chi connectivity index (χ1n) is 5.97. The number of aliphatic hydroxyl groups is 1. The highest BCUT2D eigenvalue weighted by molar-refractivity contribution is 7.89. The lowest BCUT2D eigenvalue weighted by Crippen LogP contribution is -2.29. The van der Waals surface area contributed by atoms with E-state index in [1.54, 1.807) is 6.92 Å². The third kappa shape index (κ3) is 3.59. The number of nitrogens with two attached hydrogens (primary N) is 1. The molecule has 0 fully saturated rings. The first-order chi connectivity index (χ1) is 9.20. The van der Waals surface area contributed by atoms with E-state index in [-0.39, 0.29) is 29.3 Å². The molecule has 0 saturated heterocycles. The number of aliphatic hydroxyl groups excluding tert-OH is 1. The van der Waals surface area contributed by atoms with E-state index >= 15 is 0 Å². The molecule has 1 unspecified atom stereocenters. The Morgan fingerprint density at radius 1 is 1.50 bits per heavy atom. The molecule has 0 amide bonds. The molecule has 114 valence electrons. The van der Waals surface area contributed by atoms with E-state index in [4.69, 9.17) is 10.5 Å². The highest BCUT2D eigenvalue weighted by Gasteiger charge is 2.23. The third-order valence-electron chi connectivity index (χ3n) is 2.82. The summed E-state index contributed by atoms with van der Waals surface area (Å²) < 4.78 is 43.9. The molecule has 0 spiro atoms. The molecule has 0 saturated carbocycles. The van der Waals surface area contributed by atoms with Gasteiger partial charge in [-0.3, -0.25) is 0 Å². The Morgan fingerprint density at radius 3 is 2.55 bits per heavy atom. The van der Waals surface area contributed by atoms with Crippen molar-refractivity contribution in [1.29, 1.82) is 0 Å². The van der Waals surface area contributed by atoms with Crippen molar-refractivity contribution in [3.63, 3.8) is 0 Å². The number of ether oxygens (including phenoxy) is 1. The summed E-state index contributed by atoms with van der Waals surface area (Å²) in [7, 11) is -1.25. The number of nitrogens with zero attached hydrogens (tertiary/aromatic N) is 1. The van der Waals surface area contributed by atoms with Crippen LogP contribution in [0.15, 0.2) is 17.0 Å². The number of hydrogen-bond donors (Lipinski definition) is 2. The van der Waals surface area contributed by atoms with Crippen molar-refractivity contribution in [3.8, 4) is 5.75 Å². The molecule has 1 aromatic rings. The predicted octanol–water partition coefficient (Wildman–Crippen LogP) is 0.808. The van der Waals surface area contributed by atoms with Gasteiger partial charge in [0.05, 0.1) is 23.8 Å². The van der Waals surface area contributed by atoms with Crippen molar-refractivity contribution in [2.24, 2.45) is 0 Å². The van der Waals surface area contributed by atoms with E-state index in [1.807, 2.05) is 0 Å². The molecule has 0 aromatic heterocycles. The van der Waals surface area contributed by atoms with Gasteiger partial charge >= 0.3 is 0 Å². The highest BCUT2D eigenvalue weighted by Crippen LogP contribution is 2.29. The second-order valence-corrected chi connectivity index (χ2v) is 6.54. The lowest BCUT2D eigenvalue weighted by molar-refractivity contribution is 0.177. The Balaban J connectivity index is 3.10. The molecule has 1 aromatic carbocycles. The number of sulfonamides is 1. The molecule has 0 bridgehead atoms. The van der Waals surface area contributed by atoms with Crippen molar-refractivity contribution >= 4 is 15.7 Å².